The van der Waals surface area contributed by atoms with E-state index in [1.807, 2.05) is 17.5 Å². The number of thiophene rings is 1. The molecule has 0 aliphatic carbocycles. The molecule has 2 rings (SSSR count). The van der Waals surface area contributed by atoms with Gasteiger partial charge in [0, 0.05) is 32.1 Å². The lowest BCUT2D eigenvalue weighted by molar-refractivity contribution is -0.127. The first-order valence-corrected chi connectivity index (χ1v) is 9.42. The molecule has 0 aliphatic heterocycles. The standard InChI is InChI=1S/C19H25FN4OS/c1-24(2)18(25)14-23-19(22-12-10-16-7-5-13-26-16)21-11-9-15-6-3-4-8-17(15)20/h3-8,13H,9-12,14H2,1-2H3,(H2,21,22,23). The van der Waals surface area contributed by atoms with Crippen LogP contribution in [0.4, 0.5) is 4.39 Å². The molecule has 1 aromatic carbocycles. The van der Waals surface area contributed by atoms with Gasteiger partial charge in [-0.1, -0.05) is 24.3 Å². The third-order valence-corrected chi connectivity index (χ3v) is 4.70. The number of aliphatic imine (C=N–C) groups is 1. The average Bonchev–Trinajstić information content (AvgIpc) is 3.13. The second kappa shape index (κ2) is 10.6. The number of rotatable bonds is 8. The number of benzene rings is 1. The van der Waals surface area contributed by atoms with Crippen molar-refractivity contribution in [2.24, 2.45) is 4.99 Å². The van der Waals surface area contributed by atoms with Crippen LogP contribution < -0.4 is 10.6 Å². The molecule has 2 aromatic rings. The Balaban J connectivity index is 1.87. The Kier molecular flexibility index (Phi) is 8.08. The van der Waals surface area contributed by atoms with E-state index in [9.17, 15) is 9.18 Å². The van der Waals surface area contributed by atoms with Gasteiger partial charge < -0.3 is 15.5 Å². The van der Waals surface area contributed by atoms with Gasteiger partial charge in [0.05, 0.1) is 0 Å². The first kappa shape index (κ1) is 19.9. The number of carbonyl (C=O) groups is 1. The van der Waals surface area contributed by atoms with Crippen molar-refractivity contribution in [1.82, 2.24) is 15.5 Å². The van der Waals surface area contributed by atoms with Crippen molar-refractivity contribution in [1.29, 1.82) is 0 Å². The molecule has 0 radical (unpaired) electrons. The number of guanidine groups is 1. The van der Waals surface area contributed by atoms with Crippen LogP contribution in [0.3, 0.4) is 0 Å². The second-order valence-corrected chi connectivity index (χ2v) is 7.01. The number of hydrogen-bond acceptors (Lipinski definition) is 3. The van der Waals surface area contributed by atoms with Crippen molar-refractivity contribution in [3.63, 3.8) is 0 Å². The molecule has 26 heavy (non-hydrogen) atoms. The molecular weight excluding hydrogens is 351 g/mol. The number of hydrogen-bond donors (Lipinski definition) is 2. The average molecular weight is 377 g/mol. The Morgan fingerprint density at radius 3 is 2.50 bits per heavy atom. The molecule has 2 N–H and O–H groups in total. The van der Waals surface area contributed by atoms with Gasteiger partial charge in [-0.05, 0) is 35.9 Å². The highest BCUT2D eigenvalue weighted by atomic mass is 32.1. The van der Waals surface area contributed by atoms with Crippen molar-refractivity contribution in [2.45, 2.75) is 12.8 Å². The largest absolute Gasteiger partial charge is 0.356 e. The Labute approximate surface area is 157 Å². The van der Waals surface area contributed by atoms with Gasteiger partial charge in [-0.15, -0.1) is 11.3 Å². The second-order valence-electron chi connectivity index (χ2n) is 5.98. The SMILES string of the molecule is CN(C)C(=O)CN=C(NCCc1cccs1)NCCc1ccccc1F. The van der Waals surface area contributed by atoms with Crippen LogP contribution in [0.1, 0.15) is 10.4 Å². The van der Waals surface area contributed by atoms with E-state index in [4.69, 9.17) is 0 Å². The van der Waals surface area contributed by atoms with E-state index < -0.39 is 0 Å². The first-order chi connectivity index (χ1) is 12.6. The minimum Gasteiger partial charge on any atom is -0.356 e. The lowest BCUT2D eigenvalue weighted by Gasteiger charge is -2.14. The van der Waals surface area contributed by atoms with Crippen LogP contribution in [0, 0.1) is 5.82 Å². The maximum atomic E-state index is 13.7. The molecule has 0 atom stereocenters. The number of halogens is 1. The Morgan fingerprint density at radius 2 is 1.85 bits per heavy atom. The lowest BCUT2D eigenvalue weighted by Crippen LogP contribution is -2.40. The molecule has 5 nitrogen and oxygen atoms in total. The fraction of sp³-hybridized carbons (Fsp3) is 0.368. The van der Waals surface area contributed by atoms with Crippen LogP contribution >= 0.6 is 11.3 Å². The summed E-state index contributed by atoms with van der Waals surface area (Å²) in [4.78, 5) is 18.9. The summed E-state index contributed by atoms with van der Waals surface area (Å²) < 4.78 is 13.7. The fourth-order valence-electron chi connectivity index (χ4n) is 2.24. The van der Waals surface area contributed by atoms with Crippen molar-refractivity contribution in [3.05, 3.63) is 58.0 Å². The van der Waals surface area contributed by atoms with E-state index in [1.54, 1.807) is 37.6 Å². The van der Waals surface area contributed by atoms with Gasteiger partial charge in [-0.25, -0.2) is 9.38 Å². The molecule has 0 fully saturated rings. The molecule has 0 spiro atoms. The summed E-state index contributed by atoms with van der Waals surface area (Å²) in [6.45, 7) is 1.31. The Hall–Kier alpha value is -2.41. The van der Waals surface area contributed by atoms with E-state index in [2.05, 4.69) is 21.7 Å². The van der Waals surface area contributed by atoms with E-state index in [0.29, 0.717) is 31.0 Å². The third-order valence-electron chi connectivity index (χ3n) is 3.76. The summed E-state index contributed by atoms with van der Waals surface area (Å²) in [7, 11) is 3.40. The van der Waals surface area contributed by atoms with Crippen molar-refractivity contribution in [2.75, 3.05) is 33.7 Å². The molecule has 1 heterocycles. The topological polar surface area (TPSA) is 56.7 Å². The predicted octanol–water partition coefficient (Wildman–Crippen LogP) is 2.30. The van der Waals surface area contributed by atoms with Gasteiger partial charge in [-0.2, -0.15) is 0 Å². The number of nitrogens with zero attached hydrogens (tertiary/aromatic N) is 2. The minimum absolute atomic E-state index is 0.0705. The zero-order valence-corrected chi connectivity index (χ0v) is 16.0. The number of carbonyl (C=O) groups excluding carboxylic acids is 1. The van der Waals surface area contributed by atoms with Crippen molar-refractivity contribution in [3.8, 4) is 0 Å². The zero-order valence-electron chi connectivity index (χ0n) is 15.2. The first-order valence-electron chi connectivity index (χ1n) is 8.54. The van der Waals surface area contributed by atoms with Crippen LogP contribution in [0.5, 0.6) is 0 Å². The lowest BCUT2D eigenvalue weighted by atomic mass is 10.1. The van der Waals surface area contributed by atoms with Gasteiger partial charge in [-0.3, -0.25) is 4.79 Å². The van der Waals surface area contributed by atoms with Crippen LogP contribution in [0.15, 0.2) is 46.8 Å². The fourth-order valence-corrected chi connectivity index (χ4v) is 2.95. The van der Waals surface area contributed by atoms with E-state index in [1.165, 1.54) is 15.8 Å². The number of amides is 1. The van der Waals surface area contributed by atoms with Crippen LogP contribution in [0.25, 0.3) is 0 Å². The Morgan fingerprint density at radius 1 is 1.12 bits per heavy atom. The van der Waals surface area contributed by atoms with E-state index in [-0.39, 0.29) is 18.3 Å². The van der Waals surface area contributed by atoms with Crippen LogP contribution in [-0.4, -0.2) is 50.5 Å². The highest BCUT2D eigenvalue weighted by Gasteiger charge is 2.06. The summed E-state index contributed by atoms with van der Waals surface area (Å²) >= 11 is 1.71. The molecule has 0 saturated heterocycles. The summed E-state index contributed by atoms with van der Waals surface area (Å²) in [6.07, 6.45) is 1.42. The van der Waals surface area contributed by atoms with Crippen LogP contribution in [0.2, 0.25) is 0 Å². The highest BCUT2D eigenvalue weighted by molar-refractivity contribution is 7.09. The van der Waals surface area contributed by atoms with Gasteiger partial charge in [0.15, 0.2) is 5.96 Å². The summed E-state index contributed by atoms with van der Waals surface area (Å²) in [5.74, 6) is 0.285. The van der Waals surface area contributed by atoms with Gasteiger partial charge in [0.1, 0.15) is 12.4 Å². The molecule has 1 aromatic heterocycles. The van der Waals surface area contributed by atoms with Gasteiger partial charge >= 0.3 is 0 Å². The molecule has 0 bridgehead atoms. The Bertz CT molecular complexity index is 716. The highest BCUT2D eigenvalue weighted by Crippen LogP contribution is 2.08. The van der Waals surface area contributed by atoms with Gasteiger partial charge in [0.2, 0.25) is 5.91 Å². The number of likely N-dealkylation sites (N-methyl/N-ethyl adjacent to an activating group) is 1. The smallest absolute Gasteiger partial charge is 0.243 e. The van der Waals surface area contributed by atoms with Crippen molar-refractivity contribution >= 4 is 23.2 Å². The van der Waals surface area contributed by atoms with E-state index >= 15 is 0 Å². The summed E-state index contributed by atoms with van der Waals surface area (Å²) in [6, 6.07) is 10.8. The minimum atomic E-state index is -0.207. The molecule has 7 heteroatoms. The zero-order chi connectivity index (χ0) is 18.8. The molecule has 0 saturated carbocycles. The molecule has 140 valence electrons. The third kappa shape index (κ3) is 6.84. The van der Waals surface area contributed by atoms with Crippen molar-refractivity contribution < 1.29 is 9.18 Å². The summed E-state index contributed by atoms with van der Waals surface area (Å²) in [5.41, 5.74) is 0.655. The maximum absolute atomic E-state index is 13.7. The van der Waals surface area contributed by atoms with Gasteiger partial charge in [0.25, 0.3) is 0 Å². The summed E-state index contributed by atoms with van der Waals surface area (Å²) in [5, 5.41) is 8.46. The molecule has 0 unspecified atom stereocenters. The molecule has 0 aliphatic rings. The maximum Gasteiger partial charge on any atom is 0.243 e. The predicted molar refractivity (Wildman–Crippen MR) is 105 cm³/mol. The monoisotopic (exact) mass is 376 g/mol. The quantitative estimate of drug-likeness (QED) is 0.549. The van der Waals surface area contributed by atoms with E-state index in [0.717, 1.165) is 6.42 Å². The van der Waals surface area contributed by atoms with Crippen LogP contribution in [-0.2, 0) is 17.6 Å². The normalized spacial score (nSPS) is 11.3. The molecular formula is C19H25FN4OS. The molecule has 1 amide bonds. The number of nitrogens with one attached hydrogen (secondary N) is 2.